The van der Waals surface area contributed by atoms with E-state index in [-0.39, 0.29) is 18.8 Å². The molecule has 0 bridgehead atoms. The Morgan fingerprint density at radius 2 is 2.24 bits per heavy atom. The highest BCUT2D eigenvalue weighted by atomic mass is 32.2. The molecule has 0 saturated carbocycles. The normalized spacial score (nSPS) is 19.3. The van der Waals surface area contributed by atoms with Gasteiger partial charge in [0.2, 0.25) is 0 Å². The van der Waals surface area contributed by atoms with Crippen molar-refractivity contribution in [3.05, 3.63) is 23.4 Å². The second kappa shape index (κ2) is 5.91. The molecule has 114 valence electrons. The third-order valence-corrected chi connectivity index (χ3v) is 3.96. The van der Waals surface area contributed by atoms with Crippen LogP contribution in [-0.4, -0.2) is 52.3 Å². The fraction of sp³-hybridized carbons (Fsp3) is 0.400. The minimum atomic E-state index is -3.22. The van der Waals surface area contributed by atoms with Crippen molar-refractivity contribution in [2.24, 2.45) is 0 Å². The number of hydrogen-bond donors (Lipinski definition) is 3. The monoisotopic (exact) mass is 315 g/mol. The van der Waals surface area contributed by atoms with Gasteiger partial charge in [-0.05, 0) is 6.08 Å². The van der Waals surface area contributed by atoms with E-state index in [0.717, 1.165) is 10.1 Å². The maximum absolute atomic E-state index is 11.6. The number of sulfone groups is 1. The average Bonchev–Trinajstić information content (AvgIpc) is 2.93. The van der Waals surface area contributed by atoms with E-state index in [2.05, 4.69) is 20.9 Å². The largest absolute Gasteiger partial charge is 0.480 e. The summed E-state index contributed by atoms with van der Waals surface area (Å²) in [6.45, 7) is -0.265. The van der Waals surface area contributed by atoms with E-state index in [1.54, 1.807) is 0 Å². The highest BCUT2D eigenvalue weighted by molar-refractivity contribution is 7.94. The zero-order chi connectivity index (χ0) is 15.5. The summed E-state index contributed by atoms with van der Waals surface area (Å²) in [5, 5.41) is 21.9. The number of carboxylic acid groups (broad SMARTS) is 1. The van der Waals surface area contributed by atoms with Gasteiger partial charge < -0.3 is 15.7 Å². The van der Waals surface area contributed by atoms with Crippen LogP contribution >= 0.6 is 0 Å². The number of rotatable bonds is 5. The van der Waals surface area contributed by atoms with Crippen LogP contribution in [0.15, 0.2) is 17.7 Å². The van der Waals surface area contributed by atoms with E-state index in [9.17, 15) is 18.0 Å². The number of hydrogen-bond acceptors (Lipinski definition) is 6. The number of nitrogens with zero attached hydrogens (tertiary/aromatic N) is 3. The lowest BCUT2D eigenvalue weighted by Gasteiger charge is -2.10. The molecule has 0 aromatic carbocycles. The van der Waals surface area contributed by atoms with Crippen LogP contribution in [0.1, 0.15) is 5.69 Å². The molecule has 2 amide bonds. The number of aliphatic carboxylic acids is 1. The molecule has 0 fully saturated rings. The first-order valence-corrected chi connectivity index (χ1v) is 7.62. The lowest BCUT2D eigenvalue weighted by Crippen LogP contribution is -2.42. The van der Waals surface area contributed by atoms with E-state index in [1.807, 2.05) is 0 Å². The standard InChI is InChI=1S/C10H13N5O5S/c16-9(17)5-15-4-8(13-14-15)3-11-10(18)12-7-1-2-21(19,20)6-7/h1-2,4,7H,3,5-6H2,(H,16,17)(H2,11,12,18). The van der Waals surface area contributed by atoms with E-state index in [0.29, 0.717) is 5.69 Å². The molecule has 2 rings (SSSR count). The van der Waals surface area contributed by atoms with Crippen LogP contribution in [-0.2, 0) is 27.7 Å². The van der Waals surface area contributed by atoms with Crippen LogP contribution in [0.5, 0.6) is 0 Å². The molecule has 1 atom stereocenters. The maximum atomic E-state index is 11.6. The molecule has 1 aliphatic rings. The number of carbonyl (C=O) groups is 2. The molecule has 0 saturated heterocycles. The zero-order valence-corrected chi connectivity index (χ0v) is 11.6. The minimum absolute atomic E-state index is 0.0502. The maximum Gasteiger partial charge on any atom is 0.325 e. The van der Waals surface area contributed by atoms with Crippen molar-refractivity contribution >= 4 is 21.8 Å². The number of aromatic nitrogens is 3. The SMILES string of the molecule is O=C(O)Cn1cc(CNC(=O)NC2C=CS(=O)(=O)C2)nn1. The molecule has 0 radical (unpaired) electrons. The summed E-state index contributed by atoms with van der Waals surface area (Å²) in [5.41, 5.74) is 0.390. The van der Waals surface area contributed by atoms with Crippen molar-refractivity contribution in [2.45, 2.75) is 19.1 Å². The van der Waals surface area contributed by atoms with Crippen LogP contribution < -0.4 is 10.6 Å². The van der Waals surface area contributed by atoms with Crippen molar-refractivity contribution in [3.8, 4) is 0 Å². The first-order valence-electron chi connectivity index (χ1n) is 5.90. The van der Waals surface area contributed by atoms with Gasteiger partial charge in [0, 0.05) is 5.41 Å². The van der Waals surface area contributed by atoms with Gasteiger partial charge in [0.05, 0.1) is 24.5 Å². The Balaban J connectivity index is 1.78. The lowest BCUT2D eigenvalue weighted by atomic mass is 10.3. The smallest absolute Gasteiger partial charge is 0.325 e. The Morgan fingerprint density at radius 3 is 2.86 bits per heavy atom. The second-order valence-electron chi connectivity index (χ2n) is 4.39. The van der Waals surface area contributed by atoms with Gasteiger partial charge in [-0.2, -0.15) is 0 Å². The van der Waals surface area contributed by atoms with Gasteiger partial charge in [-0.1, -0.05) is 5.21 Å². The molecule has 10 nitrogen and oxygen atoms in total. The topological polar surface area (TPSA) is 143 Å². The van der Waals surface area contributed by atoms with Gasteiger partial charge in [-0.25, -0.2) is 17.9 Å². The number of carbonyl (C=O) groups excluding carboxylic acids is 1. The van der Waals surface area contributed by atoms with Crippen LogP contribution in [0, 0.1) is 0 Å². The summed E-state index contributed by atoms with van der Waals surface area (Å²) in [6, 6.07) is -1.10. The summed E-state index contributed by atoms with van der Waals surface area (Å²) >= 11 is 0. The predicted molar refractivity (Wildman–Crippen MR) is 69.7 cm³/mol. The molecule has 1 aromatic heterocycles. The number of carboxylic acids is 1. The van der Waals surface area contributed by atoms with E-state index in [4.69, 9.17) is 5.11 Å². The summed E-state index contributed by atoms with van der Waals surface area (Å²) in [4.78, 5) is 22.0. The predicted octanol–water partition coefficient (Wildman–Crippen LogP) is -1.53. The molecule has 0 aliphatic carbocycles. The fourth-order valence-corrected chi connectivity index (χ4v) is 2.93. The molecule has 21 heavy (non-hydrogen) atoms. The van der Waals surface area contributed by atoms with E-state index < -0.39 is 27.9 Å². The van der Waals surface area contributed by atoms with Crippen molar-refractivity contribution < 1.29 is 23.1 Å². The van der Waals surface area contributed by atoms with Crippen molar-refractivity contribution in [1.82, 2.24) is 25.6 Å². The molecule has 1 aromatic rings. The van der Waals surface area contributed by atoms with E-state index >= 15 is 0 Å². The quantitative estimate of drug-likeness (QED) is 0.598. The summed E-state index contributed by atoms with van der Waals surface area (Å²) < 4.78 is 23.5. The Hall–Kier alpha value is -2.43. The van der Waals surface area contributed by atoms with Crippen molar-refractivity contribution in [3.63, 3.8) is 0 Å². The van der Waals surface area contributed by atoms with Gasteiger partial charge in [-0.15, -0.1) is 5.10 Å². The Morgan fingerprint density at radius 1 is 1.48 bits per heavy atom. The zero-order valence-electron chi connectivity index (χ0n) is 10.8. The van der Waals surface area contributed by atoms with Gasteiger partial charge in [0.1, 0.15) is 12.2 Å². The fourth-order valence-electron chi connectivity index (χ4n) is 1.69. The number of urea groups is 1. The molecule has 1 unspecified atom stereocenters. The number of amides is 2. The van der Waals surface area contributed by atoms with Crippen LogP contribution in [0.25, 0.3) is 0 Å². The molecular formula is C10H13N5O5S. The van der Waals surface area contributed by atoms with Crippen molar-refractivity contribution in [2.75, 3.05) is 5.75 Å². The lowest BCUT2D eigenvalue weighted by molar-refractivity contribution is -0.137. The Kier molecular flexibility index (Phi) is 4.21. The summed E-state index contributed by atoms with van der Waals surface area (Å²) in [6.07, 6.45) is 2.80. The molecule has 11 heteroatoms. The van der Waals surface area contributed by atoms with Crippen molar-refractivity contribution in [1.29, 1.82) is 0 Å². The van der Waals surface area contributed by atoms with E-state index in [1.165, 1.54) is 12.3 Å². The molecule has 0 spiro atoms. The first kappa shape index (κ1) is 15.0. The van der Waals surface area contributed by atoms with Gasteiger partial charge in [-0.3, -0.25) is 4.79 Å². The van der Waals surface area contributed by atoms with Gasteiger partial charge in [0.15, 0.2) is 9.84 Å². The highest BCUT2D eigenvalue weighted by Gasteiger charge is 2.22. The molecular weight excluding hydrogens is 302 g/mol. The first-order chi connectivity index (χ1) is 9.84. The Labute approximate surface area is 119 Å². The third-order valence-electron chi connectivity index (χ3n) is 2.56. The van der Waals surface area contributed by atoms with Gasteiger partial charge in [0.25, 0.3) is 0 Å². The number of nitrogens with one attached hydrogen (secondary N) is 2. The Bertz CT molecular complexity index is 680. The van der Waals surface area contributed by atoms with Gasteiger partial charge >= 0.3 is 12.0 Å². The van der Waals surface area contributed by atoms with Crippen LogP contribution in [0.3, 0.4) is 0 Å². The average molecular weight is 315 g/mol. The highest BCUT2D eigenvalue weighted by Crippen LogP contribution is 2.07. The van der Waals surface area contributed by atoms with Crippen LogP contribution in [0.4, 0.5) is 4.79 Å². The summed E-state index contributed by atoms with van der Waals surface area (Å²) in [7, 11) is -3.22. The third kappa shape index (κ3) is 4.56. The summed E-state index contributed by atoms with van der Waals surface area (Å²) in [5.74, 6) is -1.21. The van der Waals surface area contributed by atoms with Crippen LogP contribution in [0.2, 0.25) is 0 Å². The molecule has 1 aliphatic heterocycles. The molecule has 2 heterocycles. The minimum Gasteiger partial charge on any atom is -0.480 e. The second-order valence-corrected chi connectivity index (χ2v) is 6.32. The molecule has 3 N–H and O–H groups in total.